The summed E-state index contributed by atoms with van der Waals surface area (Å²) in [7, 11) is -6.55. The zero-order valence-electron chi connectivity index (χ0n) is 46.0. The maximum Gasteiger partial charge on any atom is 0.403 e. The minimum atomic E-state index is -4.20. The van der Waals surface area contributed by atoms with Crippen LogP contribution in [0.1, 0.15) is 44.5 Å². The molecule has 13 aromatic rings. The fourth-order valence-electron chi connectivity index (χ4n) is 12.7. The van der Waals surface area contributed by atoms with E-state index in [1.54, 1.807) is 0 Å². The van der Waals surface area contributed by atoms with Crippen molar-refractivity contribution in [3.63, 3.8) is 0 Å². The molecule has 0 bridgehead atoms. The van der Waals surface area contributed by atoms with Crippen LogP contribution in [0.5, 0.6) is 11.5 Å². The maximum absolute atomic E-state index is 11.2. The van der Waals surface area contributed by atoms with Gasteiger partial charge in [-0.2, -0.15) is 0 Å². The summed E-state index contributed by atoms with van der Waals surface area (Å²) in [6.07, 6.45) is 0. The molecule has 2 N–H and O–H groups in total. The van der Waals surface area contributed by atoms with E-state index in [1.165, 1.54) is 0 Å². The van der Waals surface area contributed by atoms with Crippen molar-refractivity contribution in [3.05, 3.63) is 239 Å². The zero-order valence-corrected chi connectivity index (χ0v) is 47.8. The average Bonchev–Trinajstić information content (AvgIpc) is 3.69. The van der Waals surface area contributed by atoms with Gasteiger partial charge in [-0.15, -0.1) is 4.86 Å². The van der Waals surface area contributed by atoms with Gasteiger partial charge in [0.1, 0.15) is 11.5 Å². The van der Waals surface area contributed by atoms with Crippen LogP contribution < -0.4 is 13.9 Å². The molecule has 390 valence electrons. The van der Waals surface area contributed by atoms with Crippen LogP contribution in [0.25, 0.3) is 121 Å². The molecule has 0 amide bonds. The number of hydrogen-bond acceptors (Lipinski definition) is 5. The number of benzene rings is 12. The molecule has 80 heavy (non-hydrogen) atoms. The zero-order chi connectivity index (χ0) is 54.7. The number of fused-ring (bicyclic) bond motifs is 14. The highest BCUT2D eigenvalue weighted by atomic mass is 31.2. The van der Waals surface area contributed by atoms with Crippen molar-refractivity contribution in [1.82, 2.24) is 0 Å². The second-order valence-corrected chi connectivity index (χ2v) is 25.3. The summed E-state index contributed by atoms with van der Waals surface area (Å²) in [6.45, 7) is 17.1. The van der Waals surface area contributed by atoms with Crippen molar-refractivity contribution in [2.45, 2.75) is 55.4 Å². The summed E-state index contributed by atoms with van der Waals surface area (Å²) >= 11 is 0. The van der Waals surface area contributed by atoms with E-state index in [4.69, 9.17) is 17.4 Å². The molecule has 1 aliphatic heterocycles. The lowest BCUT2D eigenvalue weighted by Gasteiger charge is -2.23. The molecule has 0 aliphatic carbocycles. The van der Waals surface area contributed by atoms with Crippen LogP contribution in [0.4, 0.5) is 0 Å². The van der Waals surface area contributed by atoms with Gasteiger partial charge in [0.05, 0.1) is 0 Å². The number of aryl methyl sites for hydroxylation is 8. The summed E-state index contributed by atoms with van der Waals surface area (Å²) in [5, 5.41) is 21.3. The molecule has 0 spiro atoms. The molecule has 8 heteroatoms. The number of hydrogen-bond donors (Lipinski definition) is 2. The molecule has 0 unspecified atom stereocenters. The lowest BCUT2D eigenvalue weighted by Crippen LogP contribution is -2.07. The predicted octanol–water partition coefficient (Wildman–Crippen LogP) is 22.2. The third-order valence-corrected chi connectivity index (χ3v) is 18.9. The van der Waals surface area contributed by atoms with Crippen LogP contribution in [-0.4, -0.2) is 0 Å². The van der Waals surface area contributed by atoms with E-state index in [1.807, 2.05) is 0 Å². The molecule has 0 saturated heterocycles. The molecule has 0 saturated carbocycles. The molecule has 0 atom stereocenters. The van der Waals surface area contributed by atoms with Crippen molar-refractivity contribution in [2.24, 2.45) is 0 Å². The van der Waals surface area contributed by atoms with E-state index in [2.05, 4.69) is 254 Å². The Balaban J connectivity index is 1.15. The molecule has 2 heterocycles. The Morgan fingerprint density at radius 1 is 0.338 bits per heavy atom. The monoisotopic (exact) mass is 1080 g/mol. The Bertz CT molecular complexity index is 4520. The fourth-order valence-corrected chi connectivity index (χ4v) is 15.9. The second kappa shape index (κ2) is 19.0. The Labute approximate surface area is 467 Å². The average molecular weight is 1080 g/mol. The van der Waals surface area contributed by atoms with Gasteiger partial charge in [0.25, 0.3) is 0 Å². The van der Waals surface area contributed by atoms with Crippen molar-refractivity contribution >= 4 is 80.9 Å². The molecular formula is C72H58N2O4P2. The minimum Gasteiger partial charge on any atom is -0.417 e. The lowest BCUT2D eigenvalue weighted by atomic mass is 9.86. The molecule has 6 nitrogen and oxygen atoms in total. The molecule has 14 rings (SSSR count). The fraction of sp³-hybridized carbons (Fsp3) is 0.111. The van der Waals surface area contributed by atoms with Crippen LogP contribution in [0.3, 0.4) is 0 Å². The minimum absolute atomic E-state index is 0.556. The van der Waals surface area contributed by atoms with Gasteiger partial charge in [-0.25, -0.2) is 5.16 Å². The Kier molecular flexibility index (Phi) is 11.8. The van der Waals surface area contributed by atoms with E-state index in [0.717, 1.165) is 154 Å². The van der Waals surface area contributed by atoms with E-state index < -0.39 is 15.8 Å². The molecule has 12 aromatic carbocycles. The predicted molar refractivity (Wildman–Crippen MR) is 338 cm³/mol. The van der Waals surface area contributed by atoms with Crippen molar-refractivity contribution in [1.29, 1.82) is 5.16 Å². The number of rotatable bonds is 6. The van der Waals surface area contributed by atoms with Gasteiger partial charge in [0.15, 0.2) is 11.2 Å². The van der Waals surface area contributed by atoms with Gasteiger partial charge in [-0.3, -0.25) is 0 Å². The summed E-state index contributed by atoms with van der Waals surface area (Å²) < 4.78 is 30.7. The topological polar surface area (TPSA) is 80.6 Å². The summed E-state index contributed by atoms with van der Waals surface area (Å²) in [4.78, 5) is 3.73. The van der Waals surface area contributed by atoms with Crippen LogP contribution in [0.15, 0.2) is 203 Å². The molecule has 1 aliphatic rings. The molecule has 1 aromatic heterocycles. The largest absolute Gasteiger partial charge is 0.417 e. The normalized spacial score (nSPS) is 12.9. The highest BCUT2D eigenvalue weighted by Gasteiger charge is 2.38. The van der Waals surface area contributed by atoms with E-state index in [-0.39, 0.29) is 0 Å². The smallest absolute Gasteiger partial charge is 0.403 e. The summed E-state index contributed by atoms with van der Waals surface area (Å²) in [6, 6.07) is 69.7. The Morgan fingerprint density at radius 2 is 0.613 bits per heavy atom. The van der Waals surface area contributed by atoms with Crippen LogP contribution in [0, 0.1) is 60.6 Å². The van der Waals surface area contributed by atoms with E-state index in [9.17, 15) is 5.16 Å². The first-order valence-corrected chi connectivity index (χ1v) is 30.1. The quantitative estimate of drug-likeness (QED) is 0.162. The molecule has 0 fully saturated rings. The van der Waals surface area contributed by atoms with Crippen molar-refractivity contribution in [3.8, 4) is 67.1 Å². The summed E-state index contributed by atoms with van der Waals surface area (Å²) in [5.41, 5.74) is 19.7. The first-order chi connectivity index (χ1) is 38.7. The van der Waals surface area contributed by atoms with E-state index in [0.29, 0.717) is 22.7 Å². The van der Waals surface area contributed by atoms with Crippen molar-refractivity contribution in [2.75, 3.05) is 4.86 Å². The SMILES string of the molecule is Cc1cc(C)cc(-c2cc3ccccc3c3c2OP(=N)(Np2oc4c(-c5cc(C)cc(C)c5)cc5ccccc5c4c4c(o2)c(-c2cc(C)cc(C)c2)cc2ccccc24)Oc2c(-c4cc(C)cc(C)c4)cc4ccccc4c2-3)c1. The maximum atomic E-state index is 11.2. The lowest BCUT2D eigenvalue weighted by molar-refractivity contribution is 0.489. The third kappa shape index (κ3) is 8.58. The van der Waals surface area contributed by atoms with Crippen LogP contribution in [0.2, 0.25) is 0 Å². The van der Waals surface area contributed by atoms with Gasteiger partial charge in [0.2, 0.25) is 0 Å². The summed E-state index contributed by atoms with van der Waals surface area (Å²) in [5.74, 6) is 1.11. The molecule has 0 radical (unpaired) electrons. The second-order valence-electron chi connectivity index (χ2n) is 22.2. The van der Waals surface area contributed by atoms with Crippen molar-refractivity contribution < 1.29 is 17.4 Å². The third-order valence-electron chi connectivity index (χ3n) is 15.6. The van der Waals surface area contributed by atoms with Gasteiger partial charge in [0, 0.05) is 44.2 Å². The van der Waals surface area contributed by atoms with Crippen LogP contribution in [-0.2, 0) is 0 Å². The number of nitrogens with one attached hydrogen (secondary N) is 2. The van der Waals surface area contributed by atoms with Crippen LogP contribution >= 0.6 is 15.8 Å². The Hall–Kier alpha value is -8.63. The highest BCUT2D eigenvalue weighted by Crippen LogP contribution is 2.65. The van der Waals surface area contributed by atoms with Gasteiger partial charge < -0.3 is 17.4 Å². The molecular weight excluding hydrogens is 1020 g/mol. The van der Waals surface area contributed by atoms with Gasteiger partial charge in [-0.05, 0) is 145 Å². The highest BCUT2D eigenvalue weighted by molar-refractivity contribution is 7.68. The van der Waals surface area contributed by atoms with Gasteiger partial charge >= 0.3 is 15.8 Å². The first kappa shape index (κ1) is 49.6. The Morgan fingerprint density at radius 3 is 0.950 bits per heavy atom. The van der Waals surface area contributed by atoms with E-state index >= 15 is 0 Å². The standard InChI is InChI=1S/C72H58N2O4P2/c1-41-25-42(2)30-53(29-41)61-37-49-17-9-13-21-57(49)65-66-58-22-14-10-18-50(58)38-62(54-31-43(3)26-44(4)32-54)70(66)76-79(75-69(61)65)74-80(73)77-71-63(55-33-45(5)27-46(6)34-55)39-51-19-11-15-23-59(51)67(71)68-60-24-16-12-20-52(60)40-64(72(68)78-80)56-35-47(7)28-48(8)36-56/h9-40H,1-8H3,(H2,73,74). The van der Waals surface area contributed by atoms with Gasteiger partial charge in [-0.1, -0.05) is 214 Å². The first-order valence-electron chi connectivity index (χ1n) is 27.3.